The molecular weight excluding hydrogens is 364 g/mol. The summed E-state index contributed by atoms with van der Waals surface area (Å²) in [5, 5.41) is 6.41. The first-order valence-corrected chi connectivity index (χ1v) is 9.25. The average Bonchev–Trinajstić information content (AvgIpc) is 3.04. The third-order valence-electron chi connectivity index (χ3n) is 3.53. The number of aromatic nitrogens is 2. The Morgan fingerprint density at radius 1 is 1.15 bits per heavy atom. The predicted molar refractivity (Wildman–Crippen MR) is 91.0 cm³/mol. The summed E-state index contributed by atoms with van der Waals surface area (Å²) >= 11 is 0. The number of benzene rings is 2. The van der Waals surface area contributed by atoms with Crippen molar-refractivity contribution in [3.8, 4) is 5.69 Å². The van der Waals surface area contributed by atoms with Gasteiger partial charge < -0.3 is 5.32 Å². The Labute approximate surface area is 148 Å². The van der Waals surface area contributed by atoms with Gasteiger partial charge in [0.05, 0.1) is 34.2 Å². The lowest BCUT2D eigenvalue weighted by atomic mass is 10.2. The summed E-state index contributed by atoms with van der Waals surface area (Å²) in [6.07, 6.45) is 3.72. The normalized spacial score (nSPS) is 11.3. The minimum Gasteiger partial charge on any atom is -0.319 e. The molecule has 1 amide bonds. The highest BCUT2D eigenvalue weighted by Crippen LogP contribution is 2.21. The standard InChI is InChI=1S/C17H13F2N3O3S/c1-26(24,25)16-5-3-2-4-15(16)22-10-12(9-20-22)21-17(23)13-8-11(18)6-7-14(13)19/h2-10H,1H3,(H,21,23). The van der Waals surface area contributed by atoms with Gasteiger partial charge >= 0.3 is 0 Å². The number of para-hydroxylation sites is 1. The monoisotopic (exact) mass is 377 g/mol. The number of rotatable bonds is 4. The third-order valence-corrected chi connectivity index (χ3v) is 4.67. The Bertz CT molecular complexity index is 1090. The van der Waals surface area contributed by atoms with Crippen molar-refractivity contribution in [1.29, 1.82) is 0 Å². The highest BCUT2D eigenvalue weighted by molar-refractivity contribution is 7.90. The van der Waals surface area contributed by atoms with E-state index in [4.69, 9.17) is 0 Å². The van der Waals surface area contributed by atoms with Gasteiger partial charge in [0.1, 0.15) is 11.6 Å². The number of carbonyl (C=O) groups excluding carboxylic acids is 1. The number of hydrogen-bond donors (Lipinski definition) is 1. The molecule has 6 nitrogen and oxygen atoms in total. The van der Waals surface area contributed by atoms with Crippen LogP contribution in [-0.2, 0) is 9.84 Å². The molecule has 0 aliphatic heterocycles. The van der Waals surface area contributed by atoms with Gasteiger partial charge in [0, 0.05) is 6.26 Å². The quantitative estimate of drug-likeness (QED) is 0.758. The minimum atomic E-state index is -3.49. The van der Waals surface area contributed by atoms with Crippen LogP contribution in [0.2, 0.25) is 0 Å². The van der Waals surface area contributed by atoms with Crippen LogP contribution in [-0.4, -0.2) is 30.4 Å². The maximum Gasteiger partial charge on any atom is 0.258 e. The molecule has 3 aromatic rings. The second-order valence-corrected chi connectivity index (χ2v) is 7.48. The average molecular weight is 377 g/mol. The number of amides is 1. The first kappa shape index (κ1) is 17.7. The first-order valence-electron chi connectivity index (χ1n) is 7.36. The van der Waals surface area contributed by atoms with E-state index in [0.717, 1.165) is 24.5 Å². The Kier molecular flexibility index (Phi) is 4.56. The fourth-order valence-corrected chi connectivity index (χ4v) is 3.22. The van der Waals surface area contributed by atoms with Gasteiger partial charge in [-0.25, -0.2) is 21.9 Å². The summed E-state index contributed by atoms with van der Waals surface area (Å²) in [6, 6.07) is 8.77. The van der Waals surface area contributed by atoms with Gasteiger partial charge in [-0.3, -0.25) is 4.79 Å². The fraction of sp³-hybridized carbons (Fsp3) is 0.0588. The van der Waals surface area contributed by atoms with E-state index in [1.807, 2.05) is 0 Å². The zero-order chi connectivity index (χ0) is 18.9. The van der Waals surface area contributed by atoms with Gasteiger partial charge in [-0.1, -0.05) is 12.1 Å². The molecule has 0 spiro atoms. The first-order chi connectivity index (χ1) is 12.3. The van der Waals surface area contributed by atoms with Gasteiger partial charge in [-0.15, -0.1) is 0 Å². The van der Waals surface area contributed by atoms with Crippen molar-refractivity contribution in [3.05, 3.63) is 72.1 Å². The van der Waals surface area contributed by atoms with Gasteiger partial charge in [0.2, 0.25) is 0 Å². The number of hydrogen-bond acceptors (Lipinski definition) is 4. The largest absolute Gasteiger partial charge is 0.319 e. The summed E-state index contributed by atoms with van der Waals surface area (Å²) in [4.78, 5) is 12.2. The molecule has 0 bridgehead atoms. The molecule has 0 saturated carbocycles. The molecule has 1 aromatic heterocycles. The molecule has 2 aromatic carbocycles. The van der Waals surface area contributed by atoms with E-state index in [-0.39, 0.29) is 10.6 Å². The second kappa shape index (κ2) is 6.68. The van der Waals surface area contributed by atoms with E-state index >= 15 is 0 Å². The van der Waals surface area contributed by atoms with Crippen LogP contribution in [0.25, 0.3) is 5.69 Å². The molecule has 0 radical (unpaired) electrons. The molecular formula is C17H13F2N3O3S. The predicted octanol–water partition coefficient (Wildman–Crippen LogP) is 2.81. The zero-order valence-corrected chi connectivity index (χ0v) is 14.3. The minimum absolute atomic E-state index is 0.0668. The summed E-state index contributed by atoms with van der Waals surface area (Å²) in [7, 11) is -3.49. The highest BCUT2D eigenvalue weighted by Gasteiger charge is 2.17. The Balaban J connectivity index is 1.90. The molecule has 0 atom stereocenters. The van der Waals surface area contributed by atoms with E-state index in [2.05, 4.69) is 10.4 Å². The molecule has 0 fully saturated rings. The third kappa shape index (κ3) is 3.62. The Morgan fingerprint density at radius 2 is 1.88 bits per heavy atom. The van der Waals surface area contributed by atoms with E-state index in [1.54, 1.807) is 18.2 Å². The summed E-state index contributed by atoms with van der Waals surface area (Å²) < 4.78 is 51.9. The van der Waals surface area contributed by atoms with Crippen molar-refractivity contribution in [1.82, 2.24) is 9.78 Å². The van der Waals surface area contributed by atoms with Crippen LogP contribution in [0.15, 0.2) is 59.8 Å². The highest BCUT2D eigenvalue weighted by atomic mass is 32.2. The van der Waals surface area contributed by atoms with Crippen molar-refractivity contribution >= 4 is 21.4 Å². The van der Waals surface area contributed by atoms with E-state index < -0.39 is 32.9 Å². The van der Waals surface area contributed by atoms with Gasteiger partial charge in [-0.2, -0.15) is 5.10 Å². The Morgan fingerprint density at radius 3 is 2.62 bits per heavy atom. The van der Waals surface area contributed by atoms with Crippen LogP contribution < -0.4 is 5.32 Å². The van der Waals surface area contributed by atoms with Gasteiger partial charge in [0.25, 0.3) is 5.91 Å². The number of carbonyl (C=O) groups is 1. The van der Waals surface area contributed by atoms with Crippen LogP contribution in [0.3, 0.4) is 0 Å². The maximum atomic E-state index is 13.7. The molecule has 26 heavy (non-hydrogen) atoms. The molecule has 1 heterocycles. The molecule has 0 aliphatic carbocycles. The van der Waals surface area contributed by atoms with Crippen molar-refractivity contribution < 1.29 is 22.0 Å². The molecule has 9 heteroatoms. The van der Waals surface area contributed by atoms with Gasteiger partial charge in [-0.05, 0) is 30.3 Å². The number of nitrogens with zero attached hydrogens (tertiary/aromatic N) is 2. The summed E-state index contributed by atoms with van der Waals surface area (Å²) in [6.45, 7) is 0. The summed E-state index contributed by atoms with van der Waals surface area (Å²) in [5.74, 6) is -2.45. The number of nitrogens with one attached hydrogen (secondary N) is 1. The molecule has 134 valence electrons. The number of anilines is 1. The van der Waals surface area contributed by atoms with Gasteiger partial charge in [0.15, 0.2) is 9.84 Å². The Hall–Kier alpha value is -3.07. The van der Waals surface area contributed by atoms with E-state index in [1.165, 1.54) is 23.1 Å². The molecule has 0 unspecified atom stereocenters. The van der Waals surface area contributed by atoms with E-state index in [0.29, 0.717) is 5.69 Å². The number of sulfone groups is 1. The van der Waals surface area contributed by atoms with Crippen molar-refractivity contribution in [2.45, 2.75) is 4.90 Å². The van der Waals surface area contributed by atoms with Crippen LogP contribution in [0.1, 0.15) is 10.4 Å². The molecule has 1 N–H and O–H groups in total. The topological polar surface area (TPSA) is 81.1 Å². The summed E-state index contributed by atoms with van der Waals surface area (Å²) in [5.41, 5.74) is 0.0451. The lowest BCUT2D eigenvalue weighted by Gasteiger charge is -2.07. The lowest BCUT2D eigenvalue weighted by molar-refractivity contribution is 0.102. The van der Waals surface area contributed by atoms with Crippen molar-refractivity contribution in [3.63, 3.8) is 0 Å². The molecule has 0 aliphatic rings. The van der Waals surface area contributed by atoms with Crippen molar-refractivity contribution in [2.24, 2.45) is 0 Å². The molecule has 0 saturated heterocycles. The SMILES string of the molecule is CS(=O)(=O)c1ccccc1-n1cc(NC(=O)c2cc(F)ccc2F)cn1. The van der Waals surface area contributed by atoms with E-state index in [9.17, 15) is 22.0 Å². The van der Waals surface area contributed by atoms with Crippen LogP contribution in [0.4, 0.5) is 14.5 Å². The lowest BCUT2D eigenvalue weighted by Crippen LogP contribution is -2.13. The second-order valence-electron chi connectivity index (χ2n) is 5.49. The van der Waals surface area contributed by atoms with Crippen LogP contribution in [0.5, 0.6) is 0 Å². The zero-order valence-electron chi connectivity index (χ0n) is 13.5. The number of halogens is 2. The van der Waals surface area contributed by atoms with Crippen LogP contribution in [0, 0.1) is 11.6 Å². The van der Waals surface area contributed by atoms with Crippen LogP contribution >= 0.6 is 0 Å². The molecule has 3 rings (SSSR count). The fourth-order valence-electron chi connectivity index (χ4n) is 2.35. The smallest absolute Gasteiger partial charge is 0.258 e. The van der Waals surface area contributed by atoms with Crippen molar-refractivity contribution in [2.75, 3.05) is 11.6 Å². The maximum absolute atomic E-state index is 13.7.